The number of primary sulfonamides is 1. The summed E-state index contributed by atoms with van der Waals surface area (Å²) in [6, 6.07) is 4.14. The molecule has 1 amide bonds. The van der Waals surface area contributed by atoms with Gasteiger partial charge in [-0.1, -0.05) is 19.8 Å². The smallest absolute Gasteiger partial charge is 0.257 e. The Hall–Kier alpha value is -1.60. The van der Waals surface area contributed by atoms with E-state index in [-0.39, 0.29) is 16.4 Å². The predicted molar refractivity (Wildman–Crippen MR) is 92.5 cm³/mol. The fraction of sp³-hybridized carbons (Fsp3) is 0.588. The normalized spacial score (nSPS) is 19.0. The zero-order chi connectivity index (χ0) is 17.7. The Labute approximate surface area is 144 Å². The van der Waals surface area contributed by atoms with E-state index in [4.69, 9.17) is 9.88 Å². The van der Waals surface area contributed by atoms with Crippen molar-refractivity contribution in [1.82, 2.24) is 4.90 Å². The molecule has 2 rings (SSSR count). The zero-order valence-corrected chi connectivity index (χ0v) is 15.1. The lowest BCUT2D eigenvalue weighted by Gasteiger charge is -2.22. The number of amides is 1. The molecule has 0 unspecified atom stereocenters. The fourth-order valence-electron chi connectivity index (χ4n) is 3.27. The Bertz CT molecular complexity index is 688. The predicted octanol–water partition coefficient (Wildman–Crippen LogP) is 2.39. The molecule has 1 heterocycles. The largest absolute Gasteiger partial charge is 0.496 e. The van der Waals surface area contributed by atoms with E-state index in [0.29, 0.717) is 24.8 Å². The van der Waals surface area contributed by atoms with Crippen molar-refractivity contribution in [3.8, 4) is 5.75 Å². The summed E-state index contributed by atoms with van der Waals surface area (Å²) in [6.07, 6.45) is 5.42. The first-order chi connectivity index (χ1) is 11.4. The van der Waals surface area contributed by atoms with Crippen LogP contribution in [0.5, 0.6) is 5.75 Å². The SMILES string of the molecule is CCC[C@H]1CCCN(C(=O)c2cc(S(N)(=O)=O)ccc2OC)CC1. The molecule has 1 fully saturated rings. The van der Waals surface area contributed by atoms with Crippen LogP contribution in [-0.2, 0) is 10.0 Å². The van der Waals surface area contributed by atoms with Gasteiger partial charge in [0.15, 0.2) is 0 Å². The summed E-state index contributed by atoms with van der Waals surface area (Å²) in [5, 5.41) is 5.18. The zero-order valence-electron chi connectivity index (χ0n) is 14.3. The highest BCUT2D eigenvalue weighted by molar-refractivity contribution is 7.89. The van der Waals surface area contributed by atoms with Gasteiger partial charge in [0.05, 0.1) is 17.6 Å². The number of hydrogen-bond donors (Lipinski definition) is 1. The van der Waals surface area contributed by atoms with Gasteiger partial charge >= 0.3 is 0 Å². The topological polar surface area (TPSA) is 89.7 Å². The summed E-state index contributed by atoms with van der Waals surface area (Å²) in [5.74, 6) is 0.821. The van der Waals surface area contributed by atoms with Crippen LogP contribution in [0, 0.1) is 5.92 Å². The van der Waals surface area contributed by atoms with E-state index in [2.05, 4.69) is 6.92 Å². The monoisotopic (exact) mass is 354 g/mol. The van der Waals surface area contributed by atoms with Crippen molar-refractivity contribution >= 4 is 15.9 Å². The summed E-state index contributed by atoms with van der Waals surface area (Å²) < 4.78 is 28.4. The molecule has 1 saturated heterocycles. The number of nitrogens with two attached hydrogens (primary N) is 1. The lowest BCUT2D eigenvalue weighted by atomic mass is 9.96. The average Bonchev–Trinajstić information content (AvgIpc) is 2.79. The van der Waals surface area contributed by atoms with E-state index in [1.54, 1.807) is 4.90 Å². The van der Waals surface area contributed by atoms with Crippen LogP contribution in [0.2, 0.25) is 0 Å². The van der Waals surface area contributed by atoms with Crippen molar-refractivity contribution in [2.45, 2.75) is 43.9 Å². The third-order valence-electron chi connectivity index (χ3n) is 4.56. The second kappa shape index (κ2) is 7.98. The molecule has 0 aliphatic carbocycles. The van der Waals surface area contributed by atoms with Crippen molar-refractivity contribution in [2.24, 2.45) is 11.1 Å². The number of benzene rings is 1. The van der Waals surface area contributed by atoms with Crippen LogP contribution in [-0.4, -0.2) is 39.4 Å². The Morgan fingerprint density at radius 3 is 2.71 bits per heavy atom. The first-order valence-electron chi connectivity index (χ1n) is 8.37. The van der Waals surface area contributed by atoms with Crippen LogP contribution in [0.3, 0.4) is 0 Å². The van der Waals surface area contributed by atoms with E-state index >= 15 is 0 Å². The van der Waals surface area contributed by atoms with Gasteiger partial charge in [-0.2, -0.15) is 0 Å². The highest BCUT2D eigenvalue weighted by atomic mass is 32.2. The highest BCUT2D eigenvalue weighted by Gasteiger charge is 2.24. The molecule has 0 spiro atoms. The molecule has 1 aromatic carbocycles. The first kappa shape index (κ1) is 18.7. The van der Waals surface area contributed by atoms with Crippen LogP contribution >= 0.6 is 0 Å². The minimum absolute atomic E-state index is 0.0784. The fourth-order valence-corrected chi connectivity index (χ4v) is 3.81. The van der Waals surface area contributed by atoms with E-state index in [9.17, 15) is 13.2 Å². The molecule has 2 N–H and O–H groups in total. The van der Waals surface area contributed by atoms with Crippen LogP contribution < -0.4 is 9.88 Å². The van der Waals surface area contributed by atoms with Crippen molar-refractivity contribution in [3.63, 3.8) is 0 Å². The molecule has 0 bridgehead atoms. The minimum Gasteiger partial charge on any atom is -0.496 e. The van der Waals surface area contributed by atoms with Crippen LogP contribution in [0.15, 0.2) is 23.1 Å². The molecule has 7 heteroatoms. The minimum atomic E-state index is -3.86. The first-order valence-corrected chi connectivity index (χ1v) is 9.91. The third-order valence-corrected chi connectivity index (χ3v) is 5.47. The summed E-state index contributed by atoms with van der Waals surface area (Å²) in [5.41, 5.74) is 0.248. The van der Waals surface area contributed by atoms with Crippen LogP contribution in [0.25, 0.3) is 0 Å². The Kier molecular flexibility index (Phi) is 6.23. The molecule has 24 heavy (non-hydrogen) atoms. The Morgan fingerprint density at radius 1 is 1.33 bits per heavy atom. The number of carbonyl (C=O) groups is 1. The van der Waals surface area contributed by atoms with Gasteiger partial charge in [0.2, 0.25) is 10.0 Å². The number of likely N-dealkylation sites (tertiary alicyclic amines) is 1. The van der Waals surface area contributed by atoms with Crippen molar-refractivity contribution in [3.05, 3.63) is 23.8 Å². The molecular formula is C17H26N2O4S. The Morgan fingerprint density at radius 2 is 2.08 bits per heavy atom. The summed E-state index contributed by atoms with van der Waals surface area (Å²) >= 11 is 0. The number of methoxy groups -OCH3 is 1. The van der Waals surface area contributed by atoms with Gasteiger partial charge in [-0.05, 0) is 43.4 Å². The van der Waals surface area contributed by atoms with E-state index in [1.807, 2.05) is 0 Å². The lowest BCUT2D eigenvalue weighted by molar-refractivity contribution is 0.0756. The van der Waals surface area contributed by atoms with E-state index in [1.165, 1.54) is 31.7 Å². The molecule has 0 aromatic heterocycles. The second-order valence-electron chi connectivity index (χ2n) is 6.28. The van der Waals surface area contributed by atoms with Crippen LogP contribution in [0.4, 0.5) is 0 Å². The van der Waals surface area contributed by atoms with Crippen molar-refractivity contribution in [2.75, 3.05) is 20.2 Å². The van der Waals surface area contributed by atoms with Crippen molar-refractivity contribution < 1.29 is 17.9 Å². The maximum absolute atomic E-state index is 12.9. The lowest BCUT2D eigenvalue weighted by Crippen LogP contribution is -2.32. The molecule has 1 aliphatic heterocycles. The third kappa shape index (κ3) is 4.48. The summed E-state index contributed by atoms with van der Waals surface area (Å²) in [6.45, 7) is 3.55. The molecule has 0 saturated carbocycles. The molecule has 1 aliphatic rings. The molecule has 0 radical (unpaired) electrons. The van der Waals surface area contributed by atoms with Gasteiger partial charge in [0.1, 0.15) is 5.75 Å². The van der Waals surface area contributed by atoms with Gasteiger partial charge in [-0.25, -0.2) is 13.6 Å². The highest BCUT2D eigenvalue weighted by Crippen LogP contribution is 2.27. The molecular weight excluding hydrogens is 328 g/mol. The number of rotatable bonds is 5. The molecule has 1 aromatic rings. The quantitative estimate of drug-likeness (QED) is 0.879. The van der Waals surface area contributed by atoms with E-state index in [0.717, 1.165) is 25.7 Å². The summed E-state index contributed by atoms with van der Waals surface area (Å²) in [7, 11) is -2.40. The number of carbonyl (C=O) groups excluding carboxylic acids is 1. The number of sulfonamides is 1. The van der Waals surface area contributed by atoms with Crippen molar-refractivity contribution in [1.29, 1.82) is 0 Å². The molecule has 1 atom stereocenters. The Balaban J connectivity index is 2.25. The summed E-state index contributed by atoms with van der Waals surface area (Å²) in [4.78, 5) is 14.6. The number of hydrogen-bond acceptors (Lipinski definition) is 4. The second-order valence-corrected chi connectivity index (χ2v) is 7.85. The molecule has 134 valence electrons. The van der Waals surface area contributed by atoms with Gasteiger partial charge in [-0.3, -0.25) is 4.79 Å². The maximum Gasteiger partial charge on any atom is 0.257 e. The standard InChI is InChI=1S/C17H26N2O4S/c1-3-5-13-6-4-10-19(11-9-13)17(20)15-12-14(24(18,21)22)7-8-16(15)23-2/h7-8,12-13H,3-6,9-11H2,1-2H3,(H2,18,21,22)/t13-/m0/s1. The van der Waals surface area contributed by atoms with Gasteiger partial charge in [0, 0.05) is 13.1 Å². The molecule has 6 nitrogen and oxygen atoms in total. The number of nitrogens with zero attached hydrogens (tertiary/aromatic N) is 1. The van der Waals surface area contributed by atoms with Gasteiger partial charge < -0.3 is 9.64 Å². The van der Waals surface area contributed by atoms with Crippen LogP contribution in [0.1, 0.15) is 49.4 Å². The maximum atomic E-state index is 12.9. The van der Waals surface area contributed by atoms with Gasteiger partial charge in [0.25, 0.3) is 5.91 Å². The number of ether oxygens (including phenoxy) is 1. The van der Waals surface area contributed by atoms with E-state index < -0.39 is 10.0 Å². The average molecular weight is 354 g/mol. The van der Waals surface area contributed by atoms with Gasteiger partial charge in [-0.15, -0.1) is 0 Å².